The van der Waals surface area contributed by atoms with Gasteiger partial charge in [0, 0.05) is 25.5 Å². The molecule has 1 amide bonds. The number of hydrogen-bond donors (Lipinski definition) is 2. The van der Waals surface area contributed by atoms with E-state index >= 15 is 0 Å². The number of carbonyl (C=O) groups is 1. The van der Waals surface area contributed by atoms with Gasteiger partial charge in [0.2, 0.25) is 10.0 Å². The number of nitrogens with zero attached hydrogens (tertiary/aromatic N) is 2. The zero-order valence-electron chi connectivity index (χ0n) is 15.5. The van der Waals surface area contributed by atoms with Crippen LogP contribution in [-0.2, 0) is 10.0 Å². The first-order valence-corrected chi connectivity index (χ1v) is 11.1. The molecule has 0 radical (unpaired) electrons. The van der Waals surface area contributed by atoms with Gasteiger partial charge in [0.25, 0.3) is 5.91 Å². The van der Waals surface area contributed by atoms with Crippen molar-refractivity contribution in [3.63, 3.8) is 0 Å². The van der Waals surface area contributed by atoms with Gasteiger partial charge in [-0.2, -0.15) is 4.31 Å². The Morgan fingerprint density at radius 3 is 2.50 bits per heavy atom. The third-order valence-electron chi connectivity index (χ3n) is 4.29. The van der Waals surface area contributed by atoms with Gasteiger partial charge in [-0.15, -0.1) is 11.3 Å². The number of nitrogens with one attached hydrogen (secondary N) is 1. The van der Waals surface area contributed by atoms with Crippen LogP contribution >= 0.6 is 11.3 Å². The van der Waals surface area contributed by atoms with Gasteiger partial charge in [-0.25, -0.2) is 8.42 Å². The number of aromatic nitrogens is 1. The maximum Gasteiger partial charge on any atom is 0.267 e. The quantitative estimate of drug-likeness (QED) is 0.573. The van der Waals surface area contributed by atoms with Gasteiger partial charge in [0.05, 0.1) is 16.3 Å². The summed E-state index contributed by atoms with van der Waals surface area (Å²) in [6.45, 7) is 4.17. The van der Waals surface area contributed by atoms with Crippen molar-refractivity contribution in [2.24, 2.45) is 0 Å². The fourth-order valence-electron chi connectivity index (χ4n) is 2.84. The number of aromatic hydroxyl groups is 1. The second-order valence-corrected chi connectivity index (χ2v) is 8.80. The highest BCUT2D eigenvalue weighted by Gasteiger charge is 2.23. The minimum absolute atomic E-state index is 0.0149. The highest BCUT2D eigenvalue weighted by Crippen LogP contribution is 2.30. The van der Waals surface area contributed by atoms with Crippen LogP contribution in [0.15, 0.2) is 59.1 Å². The van der Waals surface area contributed by atoms with Crippen molar-refractivity contribution >= 4 is 33.0 Å². The molecule has 3 aromatic rings. The van der Waals surface area contributed by atoms with E-state index < -0.39 is 15.9 Å². The standard InChI is InChI=1S/C19H21N3O4S2/c1-3-22(4-2)28(25,26)14-7-8-17(23)15(13-14)20-19(24)18-16(9-12-27-18)21-10-5-6-11-21/h5-13,23H,3-4H2,1-2H3,(H,20,24). The summed E-state index contributed by atoms with van der Waals surface area (Å²) >= 11 is 1.26. The number of hydrogen-bond acceptors (Lipinski definition) is 5. The van der Waals surface area contributed by atoms with E-state index in [0.717, 1.165) is 0 Å². The molecule has 148 valence electrons. The van der Waals surface area contributed by atoms with E-state index in [4.69, 9.17) is 0 Å². The molecule has 0 atom stereocenters. The maximum absolute atomic E-state index is 12.8. The zero-order valence-corrected chi connectivity index (χ0v) is 17.1. The molecule has 2 heterocycles. The summed E-state index contributed by atoms with van der Waals surface area (Å²) in [5.74, 6) is -0.627. The maximum atomic E-state index is 12.8. The molecule has 0 saturated carbocycles. The van der Waals surface area contributed by atoms with Crippen LogP contribution in [0, 0.1) is 0 Å². The topological polar surface area (TPSA) is 91.6 Å². The molecule has 0 unspecified atom stereocenters. The van der Waals surface area contributed by atoms with Crippen LogP contribution in [0.5, 0.6) is 5.75 Å². The zero-order chi connectivity index (χ0) is 20.3. The summed E-state index contributed by atoms with van der Waals surface area (Å²) in [5.41, 5.74) is 0.754. The summed E-state index contributed by atoms with van der Waals surface area (Å²) in [6.07, 6.45) is 3.65. The molecule has 0 fully saturated rings. The lowest BCUT2D eigenvalue weighted by Gasteiger charge is -2.19. The van der Waals surface area contributed by atoms with Gasteiger partial charge >= 0.3 is 0 Å². The normalized spacial score (nSPS) is 11.7. The second kappa shape index (κ2) is 8.17. The van der Waals surface area contributed by atoms with E-state index in [2.05, 4.69) is 5.32 Å². The minimum atomic E-state index is -3.70. The summed E-state index contributed by atoms with van der Waals surface area (Å²) in [6, 6.07) is 9.41. The Hall–Kier alpha value is -2.62. The van der Waals surface area contributed by atoms with Gasteiger partial charge in [-0.1, -0.05) is 13.8 Å². The number of sulfonamides is 1. The Balaban J connectivity index is 1.92. The third-order valence-corrected chi connectivity index (χ3v) is 7.24. The van der Waals surface area contributed by atoms with Crippen LogP contribution < -0.4 is 5.32 Å². The van der Waals surface area contributed by atoms with Gasteiger partial charge in [-0.05, 0) is 41.8 Å². The van der Waals surface area contributed by atoms with Gasteiger partial charge < -0.3 is 15.0 Å². The first-order valence-electron chi connectivity index (χ1n) is 8.73. The molecular formula is C19H21N3O4S2. The predicted molar refractivity (Wildman–Crippen MR) is 110 cm³/mol. The molecule has 0 aliphatic rings. The van der Waals surface area contributed by atoms with Crippen LogP contribution in [0.4, 0.5) is 5.69 Å². The van der Waals surface area contributed by atoms with Gasteiger partial charge in [0.15, 0.2) is 0 Å². The van der Waals surface area contributed by atoms with Crippen LogP contribution in [-0.4, -0.2) is 41.4 Å². The predicted octanol–water partition coefficient (Wildman–Crippen LogP) is 3.53. The third kappa shape index (κ3) is 3.82. The fraction of sp³-hybridized carbons (Fsp3) is 0.211. The van der Waals surface area contributed by atoms with Crippen LogP contribution in [0.1, 0.15) is 23.5 Å². The molecule has 28 heavy (non-hydrogen) atoms. The highest BCUT2D eigenvalue weighted by molar-refractivity contribution is 7.89. The van der Waals surface area contributed by atoms with E-state index in [1.54, 1.807) is 19.2 Å². The Morgan fingerprint density at radius 1 is 1.18 bits per heavy atom. The lowest BCUT2D eigenvalue weighted by atomic mass is 10.2. The van der Waals surface area contributed by atoms with E-state index in [9.17, 15) is 18.3 Å². The van der Waals surface area contributed by atoms with Crippen molar-refractivity contribution in [3.05, 3.63) is 59.0 Å². The van der Waals surface area contributed by atoms with E-state index in [1.807, 2.05) is 35.2 Å². The molecule has 0 spiro atoms. The molecule has 3 rings (SSSR count). The van der Waals surface area contributed by atoms with E-state index in [1.165, 1.54) is 33.8 Å². The first kappa shape index (κ1) is 20.1. The van der Waals surface area contributed by atoms with Crippen molar-refractivity contribution in [1.82, 2.24) is 8.87 Å². The molecular weight excluding hydrogens is 398 g/mol. The van der Waals surface area contributed by atoms with Crippen LogP contribution in [0.2, 0.25) is 0 Å². The monoisotopic (exact) mass is 419 g/mol. The van der Waals surface area contributed by atoms with Crippen molar-refractivity contribution < 1.29 is 18.3 Å². The highest BCUT2D eigenvalue weighted by atomic mass is 32.2. The average Bonchev–Trinajstić information content (AvgIpc) is 3.35. The number of phenolic OH excluding ortho intramolecular Hbond substituents is 1. The number of benzene rings is 1. The Labute approximate surface area is 167 Å². The van der Waals surface area contributed by atoms with Gasteiger partial charge in [0.1, 0.15) is 10.6 Å². The number of amides is 1. The summed E-state index contributed by atoms with van der Waals surface area (Å²) < 4.78 is 28.6. The number of anilines is 1. The average molecular weight is 420 g/mol. The van der Waals surface area contributed by atoms with Crippen molar-refractivity contribution in [2.75, 3.05) is 18.4 Å². The fourth-order valence-corrected chi connectivity index (χ4v) is 5.11. The number of thiophene rings is 1. The summed E-state index contributed by atoms with van der Waals surface area (Å²) in [4.78, 5) is 13.2. The SMILES string of the molecule is CCN(CC)S(=O)(=O)c1ccc(O)c(NC(=O)c2sccc2-n2cccc2)c1. The number of rotatable bonds is 7. The number of carbonyl (C=O) groups excluding carboxylic acids is 1. The Morgan fingerprint density at radius 2 is 1.86 bits per heavy atom. The largest absolute Gasteiger partial charge is 0.506 e. The molecule has 7 nitrogen and oxygen atoms in total. The molecule has 0 aliphatic heterocycles. The smallest absolute Gasteiger partial charge is 0.267 e. The molecule has 2 aromatic heterocycles. The Bertz CT molecular complexity index is 1070. The summed E-state index contributed by atoms with van der Waals surface area (Å²) in [7, 11) is -3.70. The molecule has 2 N–H and O–H groups in total. The van der Waals surface area contributed by atoms with Crippen LogP contribution in [0.25, 0.3) is 5.69 Å². The lowest BCUT2D eigenvalue weighted by molar-refractivity contribution is 0.103. The van der Waals surface area contributed by atoms with Crippen molar-refractivity contribution in [3.8, 4) is 11.4 Å². The molecule has 1 aromatic carbocycles. The molecule has 0 saturated heterocycles. The van der Waals surface area contributed by atoms with Crippen molar-refractivity contribution in [2.45, 2.75) is 18.7 Å². The lowest BCUT2D eigenvalue weighted by Crippen LogP contribution is -2.30. The molecule has 0 aliphatic carbocycles. The molecule has 9 heteroatoms. The Kier molecular flexibility index (Phi) is 5.87. The van der Waals surface area contributed by atoms with E-state index in [0.29, 0.717) is 23.7 Å². The molecule has 0 bridgehead atoms. The minimum Gasteiger partial charge on any atom is -0.506 e. The van der Waals surface area contributed by atoms with E-state index in [-0.39, 0.29) is 16.3 Å². The van der Waals surface area contributed by atoms with Crippen LogP contribution in [0.3, 0.4) is 0 Å². The van der Waals surface area contributed by atoms with Crippen molar-refractivity contribution in [1.29, 1.82) is 0 Å². The number of phenols is 1. The first-order chi connectivity index (χ1) is 13.4. The summed E-state index contributed by atoms with van der Waals surface area (Å²) in [5, 5.41) is 14.6. The van der Waals surface area contributed by atoms with Gasteiger partial charge in [-0.3, -0.25) is 4.79 Å². The second-order valence-electron chi connectivity index (χ2n) is 5.95.